The van der Waals surface area contributed by atoms with Gasteiger partial charge in [-0.15, -0.1) is 22.9 Å². The third kappa shape index (κ3) is 2.68. The van der Waals surface area contributed by atoms with Crippen molar-refractivity contribution < 1.29 is 0 Å². The molecule has 20 heavy (non-hydrogen) atoms. The summed E-state index contributed by atoms with van der Waals surface area (Å²) in [5.74, 6) is 0.864. The molecule has 0 bridgehead atoms. The topological polar surface area (TPSA) is 30.7 Å². The Hall–Kier alpha value is -1.10. The zero-order chi connectivity index (χ0) is 14.1. The largest absolute Gasteiger partial charge is 0.311 e. The summed E-state index contributed by atoms with van der Waals surface area (Å²) in [6, 6.07) is 7.84. The van der Waals surface area contributed by atoms with Gasteiger partial charge in [0.25, 0.3) is 0 Å². The maximum absolute atomic E-state index is 6.24. The highest BCUT2D eigenvalue weighted by molar-refractivity contribution is 7.16. The van der Waals surface area contributed by atoms with Gasteiger partial charge in [-0.2, -0.15) is 0 Å². The lowest BCUT2D eigenvalue weighted by Crippen LogP contribution is -2.07. The van der Waals surface area contributed by atoms with Gasteiger partial charge in [-0.05, 0) is 37.6 Å². The van der Waals surface area contributed by atoms with Crippen molar-refractivity contribution >= 4 is 45.7 Å². The number of nitrogens with zero attached hydrogens (tertiary/aromatic N) is 3. The molecule has 0 spiro atoms. The van der Waals surface area contributed by atoms with Gasteiger partial charge in [0.1, 0.15) is 11.3 Å². The number of pyridine rings is 1. The van der Waals surface area contributed by atoms with Crippen LogP contribution in [-0.2, 0) is 13.0 Å². The maximum atomic E-state index is 6.24. The fourth-order valence-electron chi connectivity index (χ4n) is 2.21. The van der Waals surface area contributed by atoms with Crippen molar-refractivity contribution in [3.63, 3.8) is 0 Å². The maximum Gasteiger partial charge on any atom is 0.160 e. The van der Waals surface area contributed by atoms with Gasteiger partial charge in [-0.25, -0.2) is 9.97 Å². The van der Waals surface area contributed by atoms with Crippen LogP contribution in [0.15, 0.2) is 30.5 Å². The lowest BCUT2D eigenvalue weighted by Gasteiger charge is -2.09. The minimum absolute atomic E-state index is 0.142. The molecule has 0 aliphatic carbocycles. The molecular formula is C14H13Cl2N3S. The average molecular weight is 326 g/mol. The molecule has 0 radical (unpaired) electrons. The minimum atomic E-state index is -0.142. The Kier molecular flexibility index (Phi) is 3.96. The number of imidazole rings is 1. The molecule has 0 amide bonds. The van der Waals surface area contributed by atoms with Crippen LogP contribution in [0.2, 0.25) is 4.34 Å². The normalized spacial score (nSPS) is 12.9. The van der Waals surface area contributed by atoms with Crippen LogP contribution in [0.3, 0.4) is 0 Å². The summed E-state index contributed by atoms with van der Waals surface area (Å²) in [5, 5.41) is -0.142. The lowest BCUT2D eigenvalue weighted by molar-refractivity contribution is 0.667. The zero-order valence-corrected chi connectivity index (χ0v) is 13.2. The molecule has 0 aliphatic heterocycles. The fourth-order valence-corrected chi connectivity index (χ4v) is 3.45. The monoisotopic (exact) mass is 325 g/mol. The Morgan fingerprint density at radius 1 is 1.35 bits per heavy atom. The van der Waals surface area contributed by atoms with Crippen LogP contribution in [0.25, 0.3) is 11.2 Å². The summed E-state index contributed by atoms with van der Waals surface area (Å²) in [4.78, 5) is 10.2. The van der Waals surface area contributed by atoms with Crippen LogP contribution in [0.1, 0.15) is 23.0 Å². The van der Waals surface area contributed by atoms with E-state index in [1.165, 1.54) is 4.88 Å². The zero-order valence-electron chi connectivity index (χ0n) is 10.9. The first kappa shape index (κ1) is 13.9. The predicted molar refractivity (Wildman–Crippen MR) is 84.8 cm³/mol. The highest BCUT2D eigenvalue weighted by Crippen LogP contribution is 2.26. The van der Waals surface area contributed by atoms with Crippen LogP contribution in [0, 0.1) is 0 Å². The molecule has 3 heterocycles. The van der Waals surface area contributed by atoms with Gasteiger partial charge in [0.05, 0.1) is 9.71 Å². The Bertz CT molecular complexity index is 733. The van der Waals surface area contributed by atoms with E-state index in [2.05, 4.69) is 20.6 Å². The first-order valence-corrected chi connectivity index (χ1v) is 7.97. The number of hydrogen-bond donors (Lipinski definition) is 0. The second kappa shape index (κ2) is 5.72. The van der Waals surface area contributed by atoms with Crippen molar-refractivity contribution in [1.29, 1.82) is 0 Å². The molecular weight excluding hydrogens is 313 g/mol. The number of halogens is 2. The van der Waals surface area contributed by atoms with Crippen LogP contribution in [0.5, 0.6) is 0 Å². The first-order valence-electron chi connectivity index (χ1n) is 6.34. The Morgan fingerprint density at radius 3 is 2.90 bits per heavy atom. The highest BCUT2D eigenvalue weighted by Gasteiger charge is 2.15. The van der Waals surface area contributed by atoms with Gasteiger partial charge >= 0.3 is 0 Å². The first-order chi connectivity index (χ1) is 9.65. The summed E-state index contributed by atoms with van der Waals surface area (Å²) < 4.78 is 2.92. The average Bonchev–Trinajstić information content (AvgIpc) is 3.00. The van der Waals surface area contributed by atoms with E-state index in [-0.39, 0.29) is 5.38 Å². The molecule has 0 aromatic carbocycles. The molecule has 0 saturated heterocycles. The summed E-state index contributed by atoms with van der Waals surface area (Å²) in [5.41, 5.74) is 1.77. The van der Waals surface area contributed by atoms with E-state index in [0.717, 1.165) is 34.3 Å². The minimum Gasteiger partial charge on any atom is -0.311 e. The van der Waals surface area contributed by atoms with E-state index in [1.807, 2.05) is 25.1 Å². The van der Waals surface area contributed by atoms with Crippen LogP contribution >= 0.6 is 34.5 Å². The van der Waals surface area contributed by atoms with Gasteiger partial charge < -0.3 is 4.57 Å². The second-order valence-electron chi connectivity index (χ2n) is 4.54. The summed E-state index contributed by atoms with van der Waals surface area (Å²) in [6.45, 7) is 2.73. The molecule has 0 aliphatic rings. The molecule has 1 atom stereocenters. The van der Waals surface area contributed by atoms with Gasteiger partial charge in [-0.1, -0.05) is 11.6 Å². The molecule has 3 rings (SSSR count). The molecule has 0 saturated carbocycles. The Morgan fingerprint density at radius 2 is 2.20 bits per heavy atom. The van der Waals surface area contributed by atoms with Crippen molar-refractivity contribution in [2.24, 2.45) is 0 Å². The quantitative estimate of drug-likeness (QED) is 0.651. The Balaban J connectivity index is 1.94. The van der Waals surface area contributed by atoms with E-state index in [1.54, 1.807) is 17.5 Å². The lowest BCUT2D eigenvalue weighted by atomic mass is 10.3. The summed E-state index contributed by atoms with van der Waals surface area (Å²) >= 11 is 13.8. The number of thiophene rings is 1. The van der Waals surface area contributed by atoms with Crippen LogP contribution in [-0.4, -0.2) is 14.5 Å². The van der Waals surface area contributed by atoms with Crippen molar-refractivity contribution in [3.8, 4) is 0 Å². The highest BCUT2D eigenvalue weighted by atomic mass is 35.5. The number of hydrogen-bond acceptors (Lipinski definition) is 3. The van der Waals surface area contributed by atoms with Gasteiger partial charge in [0.15, 0.2) is 5.65 Å². The SMILES string of the molecule is CC(Cl)c1nc2cccnc2n1CCc1ccc(Cl)s1. The molecule has 3 nitrogen and oxygen atoms in total. The molecule has 0 N–H and O–H groups in total. The number of fused-ring (bicyclic) bond motifs is 1. The van der Waals surface area contributed by atoms with Crippen LogP contribution in [0.4, 0.5) is 0 Å². The van der Waals surface area contributed by atoms with Crippen molar-refractivity contribution in [2.45, 2.75) is 25.3 Å². The van der Waals surface area contributed by atoms with E-state index < -0.39 is 0 Å². The van der Waals surface area contributed by atoms with Gasteiger partial charge in [-0.3, -0.25) is 0 Å². The Labute approximate surface area is 131 Å². The third-order valence-corrected chi connectivity index (χ3v) is 4.59. The summed E-state index contributed by atoms with van der Waals surface area (Å²) in [7, 11) is 0. The summed E-state index contributed by atoms with van der Waals surface area (Å²) in [6.07, 6.45) is 2.68. The predicted octanol–water partition coefficient (Wildman–Crippen LogP) is 4.69. The number of alkyl halides is 1. The van der Waals surface area contributed by atoms with Gasteiger partial charge in [0.2, 0.25) is 0 Å². The number of rotatable bonds is 4. The van der Waals surface area contributed by atoms with Crippen molar-refractivity contribution in [3.05, 3.63) is 45.5 Å². The van der Waals surface area contributed by atoms with Gasteiger partial charge in [0, 0.05) is 17.6 Å². The molecule has 3 aromatic rings. The standard InChI is InChI=1S/C14H13Cl2N3S/c1-9(15)13-18-11-3-2-7-17-14(11)19(13)8-6-10-4-5-12(16)20-10/h2-5,7,9H,6,8H2,1H3. The molecule has 1 unspecified atom stereocenters. The van der Waals surface area contributed by atoms with Crippen molar-refractivity contribution in [1.82, 2.24) is 14.5 Å². The van der Waals surface area contributed by atoms with E-state index >= 15 is 0 Å². The molecule has 6 heteroatoms. The third-order valence-electron chi connectivity index (χ3n) is 3.10. The smallest absolute Gasteiger partial charge is 0.160 e. The van der Waals surface area contributed by atoms with E-state index in [4.69, 9.17) is 23.2 Å². The van der Waals surface area contributed by atoms with E-state index in [9.17, 15) is 0 Å². The molecule has 3 aromatic heterocycles. The molecule has 104 valence electrons. The molecule has 0 fully saturated rings. The fraction of sp³-hybridized carbons (Fsp3) is 0.286. The van der Waals surface area contributed by atoms with E-state index in [0.29, 0.717) is 0 Å². The number of aromatic nitrogens is 3. The van der Waals surface area contributed by atoms with Crippen molar-refractivity contribution in [2.75, 3.05) is 0 Å². The second-order valence-corrected chi connectivity index (χ2v) is 6.99. The number of aryl methyl sites for hydroxylation is 2. The van der Waals surface area contributed by atoms with Crippen LogP contribution < -0.4 is 0 Å².